The van der Waals surface area contributed by atoms with Crippen molar-refractivity contribution in [1.29, 1.82) is 0 Å². The maximum Gasteiger partial charge on any atom is 0.0934 e. The number of fused-ring (bicyclic) bond motifs is 2. The highest BCUT2D eigenvalue weighted by Crippen LogP contribution is 2.50. The maximum absolute atomic E-state index is 10.7. The first kappa shape index (κ1) is 14.3. The highest BCUT2D eigenvalue weighted by molar-refractivity contribution is 4.94. The number of hydrogen-bond donors (Lipinski definition) is 1. The molecule has 2 bridgehead atoms. The van der Waals surface area contributed by atoms with E-state index in [1.54, 1.807) is 0 Å². The highest BCUT2D eigenvalue weighted by Gasteiger charge is 2.43. The summed E-state index contributed by atoms with van der Waals surface area (Å²) in [4.78, 5) is 0. The van der Waals surface area contributed by atoms with Crippen LogP contribution in [0.2, 0.25) is 0 Å². The van der Waals surface area contributed by atoms with E-state index in [-0.39, 0.29) is 11.7 Å². The minimum atomic E-state index is -0.295. The Morgan fingerprint density at radius 2 is 1.89 bits per heavy atom. The zero-order chi connectivity index (χ0) is 13.2. The van der Waals surface area contributed by atoms with Crippen LogP contribution < -0.4 is 0 Å². The average Bonchev–Trinajstić information content (AvgIpc) is 2.98. The van der Waals surface area contributed by atoms with Gasteiger partial charge in [0.25, 0.3) is 0 Å². The molecule has 0 saturated heterocycles. The van der Waals surface area contributed by atoms with Crippen LogP contribution in [0.25, 0.3) is 0 Å². The van der Waals surface area contributed by atoms with Crippen molar-refractivity contribution < 1.29 is 9.84 Å². The van der Waals surface area contributed by atoms with Crippen molar-refractivity contribution in [2.45, 2.75) is 77.4 Å². The number of ether oxygens (including phenoxy) is 1. The van der Waals surface area contributed by atoms with E-state index in [9.17, 15) is 5.11 Å². The molecule has 2 aliphatic rings. The number of aliphatic hydroxyl groups is 1. The molecular weight excluding hydrogens is 224 g/mol. The molecule has 18 heavy (non-hydrogen) atoms. The molecule has 0 aromatic heterocycles. The topological polar surface area (TPSA) is 29.5 Å². The molecule has 2 rings (SSSR count). The van der Waals surface area contributed by atoms with E-state index in [0.29, 0.717) is 6.61 Å². The Morgan fingerprint density at radius 3 is 2.33 bits per heavy atom. The van der Waals surface area contributed by atoms with E-state index >= 15 is 0 Å². The molecule has 0 aromatic rings. The van der Waals surface area contributed by atoms with Gasteiger partial charge in [0.05, 0.1) is 11.7 Å². The molecule has 0 amide bonds. The second-order valence-electron chi connectivity index (χ2n) is 6.39. The number of hydrogen-bond acceptors (Lipinski definition) is 2. The molecule has 2 fully saturated rings. The van der Waals surface area contributed by atoms with Crippen LogP contribution >= 0.6 is 0 Å². The van der Waals surface area contributed by atoms with Crippen LogP contribution in [-0.4, -0.2) is 23.4 Å². The summed E-state index contributed by atoms with van der Waals surface area (Å²) in [6.07, 6.45) is 8.14. The Labute approximate surface area is 112 Å². The van der Waals surface area contributed by atoms with Crippen LogP contribution in [0.1, 0.15) is 65.7 Å². The van der Waals surface area contributed by atoms with Crippen LogP contribution in [0.4, 0.5) is 0 Å². The molecule has 0 aliphatic heterocycles. The molecule has 0 aromatic carbocycles. The Morgan fingerprint density at radius 1 is 1.17 bits per heavy atom. The Hall–Kier alpha value is -0.0800. The van der Waals surface area contributed by atoms with Gasteiger partial charge >= 0.3 is 0 Å². The average molecular weight is 254 g/mol. The molecule has 2 heteroatoms. The zero-order valence-electron chi connectivity index (χ0n) is 12.3. The lowest BCUT2D eigenvalue weighted by molar-refractivity contribution is -0.132. The highest BCUT2D eigenvalue weighted by atomic mass is 16.5. The molecule has 1 N–H and O–H groups in total. The van der Waals surface area contributed by atoms with Gasteiger partial charge in [0.2, 0.25) is 0 Å². The summed E-state index contributed by atoms with van der Waals surface area (Å²) in [5.41, 5.74) is -0.295. The Bertz CT molecular complexity index is 260. The van der Waals surface area contributed by atoms with Crippen LogP contribution in [0.5, 0.6) is 0 Å². The zero-order valence-corrected chi connectivity index (χ0v) is 12.3. The van der Waals surface area contributed by atoms with Crippen molar-refractivity contribution in [3.63, 3.8) is 0 Å². The molecule has 0 radical (unpaired) electrons. The van der Waals surface area contributed by atoms with Gasteiger partial charge in [0, 0.05) is 6.61 Å². The third-order valence-corrected chi connectivity index (χ3v) is 5.65. The molecule has 4 unspecified atom stereocenters. The number of rotatable bonds is 7. The molecule has 2 nitrogen and oxygen atoms in total. The summed E-state index contributed by atoms with van der Waals surface area (Å²) < 4.78 is 5.93. The minimum absolute atomic E-state index is 0.281. The van der Waals surface area contributed by atoms with Crippen LogP contribution in [-0.2, 0) is 4.74 Å². The smallest absolute Gasteiger partial charge is 0.0934 e. The lowest BCUT2D eigenvalue weighted by atomic mass is 9.79. The van der Waals surface area contributed by atoms with Crippen LogP contribution in [0.15, 0.2) is 0 Å². The molecule has 0 heterocycles. The standard InChI is InChI=1S/C16H30O2/c1-4-16(5-2,18-6-3)15(17)11-14-10-12-7-8-13(14)9-12/h12-15,17H,4-11H2,1-3H3. The fourth-order valence-electron chi connectivity index (χ4n) is 4.48. The lowest BCUT2D eigenvalue weighted by Gasteiger charge is -2.38. The van der Waals surface area contributed by atoms with Crippen LogP contribution in [0, 0.1) is 17.8 Å². The molecule has 2 saturated carbocycles. The molecule has 4 atom stereocenters. The van der Waals surface area contributed by atoms with E-state index in [4.69, 9.17) is 4.74 Å². The van der Waals surface area contributed by atoms with Gasteiger partial charge in [-0.15, -0.1) is 0 Å². The molecule has 2 aliphatic carbocycles. The third-order valence-electron chi connectivity index (χ3n) is 5.65. The van der Waals surface area contributed by atoms with E-state index in [0.717, 1.165) is 37.0 Å². The van der Waals surface area contributed by atoms with E-state index in [2.05, 4.69) is 13.8 Å². The van der Waals surface area contributed by atoms with E-state index in [1.807, 2.05) is 6.92 Å². The summed E-state index contributed by atoms with van der Waals surface area (Å²) in [7, 11) is 0. The summed E-state index contributed by atoms with van der Waals surface area (Å²) in [5.74, 6) is 2.63. The molecule has 0 spiro atoms. The van der Waals surface area contributed by atoms with Crippen molar-refractivity contribution >= 4 is 0 Å². The Balaban J connectivity index is 1.94. The summed E-state index contributed by atoms with van der Waals surface area (Å²) in [6.45, 7) is 7.02. The van der Waals surface area contributed by atoms with Gasteiger partial charge in [-0.2, -0.15) is 0 Å². The first-order valence-corrected chi connectivity index (χ1v) is 7.97. The monoisotopic (exact) mass is 254 g/mol. The quantitative estimate of drug-likeness (QED) is 0.749. The van der Waals surface area contributed by atoms with Crippen molar-refractivity contribution in [2.24, 2.45) is 17.8 Å². The van der Waals surface area contributed by atoms with E-state index < -0.39 is 0 Å². The van der Waals surface area contributed by atoms with Crippen molar-refractivity contribution in [2.75, 3.05) is 6.61 Å². The predicted octanol–water partition coefficient (Wildman–Crippen LogP) is 3.77. The fraction of sp³-hybridized carbons (Fsp3) is 1.00. The van der Waals surface area contributed by atoms with Crippen molar-refractivity contribution in [3.8, 4) is 0 Å². The second-order valence-corrected chi connectivity index (χ2v) is 6.39. The number of aliphatic hydroxyl groups excluding tert-OH is 1. The first-order valence-electron chi connectivity index (χ1n) is 7.97. The Kier molecular flexibility index (Phi) is 4.71. The first-order chi connectivity index (χ1) is 8.65. The van der Waals surface area contributed by atoms with Gasteiger partial charge in [-0.25, -0.2) is 0 Å². The molecular formula is C16H30O2. The van der Waals surface area contributed by atoms with Gasteiger partial charge in [-0.1, -0.05) is 20.3 Å². The summed E-state index contributed by atoms with van der Waals surface area (Å²) in [6, 6.07) is 0. The van der Waals surface area contributed by atoms with Gasteiger partial charge < -0.3 is 9.84 Å². The van der Waals surface area contributed by atoms with Crippen LogP contribution in [0.3, 0.4) is 0 Å². The lowest BCUT2D eigenvalue weighted by Crippen LogP contribution is -2.45. The second kappa shape index (κ2) is 5.92. The van der Waals surface area contributed by atoms with Gasteiger partial charge in [-0.3, -0.25) is 0 Å². The maximum atomic E-state index is 10.7. The molecule has 106 valence electrons. The normalized spacial score (nSPS) is 33.0. The summed E-state index contributed by atoms with van der Waals surface area (Å²) in [5, 5.41) is 10.7. The third kappa shape index (κ3) is 2.60. The predicted molar refractivity (Wildman–Crippen MR) is 74.5 cm³/mol. The van der Waals surface area contributed by atoms with Crippen molar-refractivity contribution in [3.05, 3.63) is 0 Å². The van der Waals surface area contributed by atoms with Gasteiger partial charge in [0.1, 0.15) is 0 Å². The van der Waals surface area contributed by atoms with Gasteiger partial charge in [-0.05, 0) is 63.2 Å². The van der Waals surface area contributed by atoms with Crippen molar-refractivity contribution in [1.82, 2.24) is 0 Å². The van der Waals surface area contributed by atoms with E-state index in [1.165, 1.54) is 25.7 Å². The SMILES string of the molecule is CCOC(CC)(CC)C(O)CC1CC2CCC1C2. The largest absolute Gasteiger partial charge is 0.390 e. The fourth-order valence-corrected chi connectivity index (χ4v) is 4.48. The van der Waals surface area contributed by atoms with Gasteiger partial charge in [0.15, 0.2) is 0 Å². The summed E-state index contributed by atoms with van der Waals surface area (Å²) >= 11 is 0. The minimum Gasteiger partial charge on any atom is -0.390 e.